The molecule has 2 rings (SSSR count). The Morgan fingerprint density at radius 1 is 1.53 bits per heavy atom. The number of halogens is 2. The van der Waals surface area contributed by atoms with E-state index in [4.69, 9.17) is 21.1 Å². The molecule has 0 unspecified atom stereocenters. The van der Waals surface area contributed by atoms with Gasteiger partial charge in [-0.1, -0.05) is 6.07 Å². The standard InChI is InChI=1S/C11H12BrClO2/c1-14-10-3-2-8(4-9(10)12)11(5-13)6-15-7-11/h2-4H,5-7H2,1H3. The van der Waals surface area contributed by atoms with E-state index in [1.807, 2.05) is 6.07 Å². The maximum absolute atomic E-state index is 5.99. The van der Waals surface area contributed by atoms with Crippen molar-refractivity contribution in [1.29, 1.82) is 0 Å². The van der Waals surface area contributed by atoms with Crippen molar-refractivity contribution in [2.24, 2.45) is 0 Å². The van der Waals surface area contributed by atoms with E-state index < -0.39 is 0 Å². The van der Waals surface area contributed by atoms with Gasteiger partial charge in [-0.3, -0.25) is 0 Å². The lowest BCUT2D eigenvalue weighted by Gasteiger charge is -2.40. The third-order valence-electron chi connectivity index (χ3n) is 2.78. The first-order chi connectivity index (χ1) is 7.22. The minimum Gasteiger partial charge on any atom is -0.496 e. The quantitative estimate of drug-likeness (QED) is 0.797. The number of methoxy groups -OCH3 is 1. The second-order valence-electron chi connectivity index (χ2n) is 3.76. The number of hydrogen-bond acceptors (Lipinski definition) is 2. The van der Waals surface area contributed by atoms with E-state index in [1.54, 1.807) is 7.11 Å². The molecule has 0 spiro atoms. The molecule has 1 aliphatic rings. The van der Waals surface area contributed by atoms with E-state index >= 15 is 0 Å². The summed E-state index contributed by atoms with van der Waals surface area (Å²) in [6, 6.07) is 6.06. The maximum atomic E-state index is 5.99. The van der Waals surface area contributed by atoms with Gasteiger partial charge in [-0.15, -0.1) is 11.6 Å². The third kappa shape index (κ3) is 1.88. The molecule has 0 aliphatic carbocycles. The predicted molar refractivity (Wildman–Crippen MR) is 63.9 cm³/mol. The summed E-state index contributed by atoms with van der Waals surface area (Å²) >= 11 is 9.47. The molecule has 1 aliphatic heterocycles. The molecule has 82 valence electrons. The molecule has 1 saturated heterocycles. The zero-order valence-electron chi connectivity index (χ0n) is 8.43. The molecule has 4 heteroatoms. The molecule has 1 aromatic rings. The van der Waals surface area contributed by atoms with Gasteiger partial charge >= 0.3 is 0 Å². The van der Waals surface area contributed by atoms with Crippen LogP contribution < -0.4 is 4.74 Å². The molecule has 0 atom stereocenters. The zero-order valence-corrected chi connectivity index (χ0v) is 10.8. The summed E-state index contributed by atoms with van der Waals surface area (Å²) in [6.07, 6.45) is 0. The van der Waals surface area contributed by atoms with Crippen molar-refractivity contribution in [3.05, 3.63) is 28.2 Å². The van der Waals surface area contributed by atoms with Crippen molar-refractivity contribution >= 4 is 27.5 Å². The summed E-state index contributed by atoms with van der Waals surface area (Å²) < 4.78 is 11.4. The molecular weight excluding hydrogens is 279 g/mol. The van der Waals surface area contributed by atoms with Gasteiger partial charge in [-0.05, 0) is 33.6 Å². The predicted octanol–water partition coefficient (Wildman–Crippen LogP) is 2.96. The van der Waals surface area contributed by atoms with Gasteiger partial charge in [0.2, 0.25) is 0 Å². The third-order valence-corrected chi connectivity index (χ3v) is 3.91. The van der Waals surface area contributed by atoms with Gasteiger partial charge in [0, 0.05) is 5.88 Å². The van der Waals surface area contributed by atoms with E-state index in [2.05, 4.69) is 28.1 Å². The lowest BCUT2D eigenvalue weighted by atomic mass is 9.80. The first-order valence-corrected chi connectivity index (χ1v) is 6.02. The van der Waals surface area contributed by atoms with Crippen LogP contribution in [0.15, 0.2) is 22.7 Å². The summed E-state index contributed by atoms with van der Waals surface area (Å²) in [4.78, 5) is 0. The first kappa shape index (κ1) is 11.2. The Hall–Kier alpha value is -0.250. The van der Waals surface area contributed by atoms with E-state index in [9.17, 15) is 0 Å². The Bertz CT molecular complexity index is 358. The fourth-order valence-corrected chi connectivity index (χ4v) is 2.51. The molecule has 0 aromatic heterocycles. The van der Waals surface area contributed by atoms with Crippen LogP contribution in [0.1, 0.15) is 5.56 Å². The highest BCUT2D eigenvalue weighted by atomic mass is 79.9. The Kier molecular flexibility index (Phi) is 3.24. The minimum absolute atomic E-state index is 0.00362. The number of ether oxygens (including phenoxy) is 2. The van der Waals surface area contributed by atoms with Gasteiger partial charge in [-0.25, -0.2) is 0 Å². The lowest BCUT2D eigenvalue weighted by molar-refractivity contribution is -0.0480. The smallest absolute Gasteiger partial charge is 0.133 e. The second kappa shape index (κ2) is 4.32. The van der Waals surface area contributed by atoms with Gasteiger partial charge in [0.1, 0.15) is 5.75 Å². The molecule has 0 saturated carbocycles. The molecule has 15 heavy (non-hydrogen) atoms. The molecular formula is C11H12BrClO2. The fourth-order valence-electron chi connectivity index (χ4n) is 1.67. The number of benzene rings is 1. The van der Waals surface area contributed by atoms with Gasteiger partial charge in [0.25, 0.3) is 0 Å². The highest BCUT2D eigenvalue weighted by molar-refractivity contribution is 9.10. The summed E-state index contributed by atoms with van der Waals surface area (Å²) in [6.45, 7) is 1.41. The molecule has 1 fully saturated rings. The highest BCUT2D eigenvalue weighted by Crippen LogP contribution is 2.37. The Morgan fingerprint density at radius 2 is 2.27 bits per heavy atom. The summed E-state index contributed by atoms with van der Waals surface area (Å²) in [5.41, 5.74) is 1.20. The van der Waals surface area contributed by atoms with Gasteiger partial charge in [0.15, 0.2) is 0 Å². The largest absolute Gasteiger partial charge is 0.496 e. The van der Waals surface area contributed by atoms with Crippen LogP contribution in [0.3, 0.4) is 0 Å². The molecule has 2 nitrogen and oxygen atoms in total. The van der Waals surface area contributed by atoms with Crippen LogP contribution >= 0.6 is 27.5 Å². The van der Waals surface area contributed by atoms with Crippen molar-refractivity contribution in [2.45, 2.75) is 5.41 Å². The normalized spacial score (nSPS) is 18.3. The SMILES string of the molecule is COc1ccc(C2(CCl)COC2)cc1Br. The van der Waals surface area contributed by atoms with Crippen LogP contribution in [0.25, 0.3) is 0 Å². The summed E-state index contributed by atoms with van der Waals surface area (Å²) in [7, 11) is 1.66. The van der Waals surface area contributed by atoms with Crippen molar-refractivity contribution in [1.82, 2.24) is 0 Å². The fraction of sp³-hybridized carbons (Fsp3) is 0.455. The van der Waals surface area contributed by atoms with E-state index in [0.29, 0.717) is 19.1 Å². The van der Waals surface area contributed by atoms with E-state index in [0.717, 1.165) is 10.2 Å². The van der Waals surface area contributed by atoms with Crippen LogP contribution in [-0.4, -0.2) is 26.2 Å². The number of alkyl halides is 1. The van der Waals surface area contributed by atoms with Crippen LogP contribution in [0.4, 0.5) is 0 Å². The van der Waals surface area contributed by atoms with Crippen LogP contribution in [0.5, 0.6) is 5.75 Å². The molecule has 0 amide bonds. The molecule has 0 bridgehead atoms. The topological polar surface area (TPSA) is 18.5 Å². The van der Waals surface area contributed by atoms with Crippen molar-refractivity contribution in [3.63, 3.8) is 0 Å². The second-order valence-corrected chi connectivity index (χ2v) is 4.88. The lowest BCUT2D eigenvalue weighted by Crippen LogP contribution is -2.48. The maximum Gasteiger partial charge on any atom is 0.133 e. The average molecular weight is 292 g/mol. The van der Waals surface area contributed by atoms with Gasteiger partial charge in [-0.2, -0.15) is 0 Å². The van der Waals surface area contributed by atoms with Gasteiger partial charge < -0.3 is 9.47 Å². The molecule has 0 radical (unpaired) electrons. The van der Waals surface area contributed by atoms with Crippen molar-refractivity contribution < 1.29 is 9.47 Å². The summed E-state index contributed by atoms with van der Waals surface area (Å²) in [5.74, 6) is 1.43. The molecule has 1 aromatic carbocycles. The van der Waals surface area contributed by atoms with Crippen molar-refractivity contribution in [3.8, 4) is 5.75 Å². The molecule has 0 N–H and O–H groups in total. The van der Waals surface area contributed by atoms with Gasteiger partial charge in [0.05, 0.1) is 30.2 Å². The Morgan fingerprint density at radius 3 is 2.67 bits per heavy atom. The Balaban J connectivity index is 2.33. The first-order valence-electron chi connectivity index (χ1n) is 4.69. The number of hydrogen-bond donors (Lipinski definition) is 0. The summed E-state index contributed by atoms with van der Waals surface area (Å²) in [5, 5.41) is 0. The van der Waals surface area contributed by atoms with E-state index in [-0.39, 0.29) is 5.41 Å². The Labute approximate surface area is 103 Å². The monoisotopic (exact) mass is 290 g/mol. The minimum atomic E-state index is -0.00362. The molecule has 1 heterocycles. The van der Waals surface area contributed by atoms with E-state index in [1.165, 1.54) is 5.56 Å². The zero-order chi connectivity index (χ0) is 10.9. The van der Waals surface area contributed by atoms with Crippen LogP contribution in [-0.2, 0) is 10.2 Å². The van der Waals surface area contributed by atoms with Crippen molar-refractivity contribution in [2.75, 3.05) is 26.2 Å². The van der Waals surface area contributed by atoms with Crippen LogP contribution in [0, 0.1) is 0 Å². The highest BCUT2D eigenvalue weighted by Gasteiger charge is 2.39. The van der Waals surface area contributed by atoms with Crippen LogP contribution in [0.2, 0.25) is 0 Å². The average Bonchev–Trinajstić information content (AvgIpc) is 2.17. The number of rotatable bonds is 3.